The summed E-state index contributed by atoms with van der Waals surface area (Å²) in [6.45, 7) is 8.87. The normalized spacial score (nSPS) is 47.2. The summed E-state index contributed by atoms with van der Waals surface area (Å²) in [5.74, 6) is 2.62. The van der Waals surface area contributed by atoms with Crippen molar-refractivity contribution in [2.24, 2.45) is 34.5 Å². The van der Waals surface area contributed by atoms with Crippen molar-refractivity contribution in [3.8, 4) is 0 Å². The third-order valence-corrected chi connectivity index (χ3v) is 8.38. The molecule has 2 nitrogen and oxygen atoms in total. The first-order chi connectivity index (χ1) is 11.3. The first-order valence-corrected chi connectivity index (χ1v) is 9.75. The largest absolute Gasteiger partial charge is 0.300 e. The van der Waals surface area contributed by atoms with Gasteiger partial charge in [0.15, 0.2) is 5.78 Å². The van der Waals surface area contributed by atoms with Gasteiger partial charge in [0.25, 0.3) is 0 Å². The summed E-state index contributed by atoms with van der Waals surface area (Å²) in [4.78, 5) is 24.2. The first kappa shape index (κ1) is 16.3. The van der Waals surface area contributed by atoms with Crippen molar-refractivity contribution in [3.05, 3.63) is 23.3 Å². The number of fused-ring (bicyclic) bond motifs is 5. The molecule has 6 atom stereocenters. The Morgan fingerprint density at radius 3 is 2.62 bits per heavy atom. The zero-order valence-electron chi connectivity index (χ0n) is 15.5. The molecule has 0 N–H and O–H groups in total. The summed E-state index contributed by atoms with van der Waals surface area (Å²) in [6, 6.07) is 0. The van der Waals surface area contributed by atoms with Gasteiger partial charge in [-0.15, -0.1) is 0 Å². The van der Waals surface area contributed by atoms with Crippen molar-refractivity contribution in [3.63, 3.8) is 0 Å². The molecule has 0 saturated heterocycles. The summed E-state index contributed by atoms with van der Waals surface area (Å²) in [7, 11) is 0. The van der Waals surface area contributed by atoms with E-state index >= 15 is 0 Å². The third kappa shape index (κ3) is 1.95. The maximum Gasteiger partial charge on any atom is 0.155 e. The molecule has 4 aliphatic carbocycles. The van der Waals surface area contributed by atoms with Gasteiger partial charge in [0.05, 0.1) is 0 Å². The monoisotopic (exact) mass is 326 g/mol. The van der Waals surface area contributed by atoms with Crippen LogP contribution in [0.2, 0.25) is 0 Å². The highest BCUT2D eigenvalue weighted by Crippen LogP contribution is 2.66. The number of rotatable bonds is 1. The van der Waals surface area contributed by atoms with Crippen molar-refractivity contribution in [1.82, 2.24) is 0 Å². The van der Waals surface area contributed by atoms with Gasteiger partial charge in [0, 0.05) is 17.8 Å². The fourth-order valence-electron chi connectivity index (χ4n) is 6.84. The lowest BCUT2D eigenvalue weighted by Crippen LogP contribution is -2.48. The Balaban J connectivity index is 1.80. The van der Waals surface area contributed by atoms with Gasteiger partial charge in [-0.25, -0.2) is 0 Å². The minimum atomic E-state index is 0.0979. The second-order valence-electron chi connectivity index (χ2n) is 9.24. The molecule has 0 amide bonds. The molecule has 4 aliphatic rings. The number of ketones is 2. The van der Waals surface area contributed by atoms with E-state index in [0.717, 1.165) is 25.7 Å². The van der Waals surface area contributed by atoms with Crippen LogP contribution in [0, 0.1) is 34.5 Å². The lowest BCUT2D eigenvalue weighted by atomic mass is 9.49. The average Bonchev–Trinajstić information content (AvgIpc) is 2.88. The molecule has 0 aromatic heterocycles. The van der Waals surface area contributed by atoms with Gasteiger partial charge in [-0.05, 0) is 68.3 Å². The molecule has 0 unspecified atom stereocenters. The highest BCUT2D eigenvalue weighted by Gasteiger charge is 2.59. The van der Waals surface area contributed by atoms with Gasteiger partial charge in [0.1, 0.15) is 5.78 Å². The number of carbonyl (C=O) groups excluding carboxylic acids is 2. The number of hydrogen-bond donors (Lipinski definition) is 0. The zero-order chi connectivity index (χ0) is 17.3. The summed E-state index contributed by atoms with van der Waals surface area (Å²) in [5.41, 5.74) is 3.20. The third-order valence-electron chi connectivity index (χ3n) is 8.38. The number of carbonyl (C=O) groups is 2. The number of hydrogen-bond acceptors (Lipinski definition) is 2. The summed E-state index contributed by atoms with van der Waals surface area (Å²) >= 11 is 0. The molecular weight excluding hydrogens is 296 g/mol. The standard InChI is InChI=1S/C22H30O2/c1-13-11-20-17(19-8-7-18(14(2)23)22(13,19)4)6-5-15-12-16(24)9-10-21(15,20)3/h11-13,17-19H,5-10H2,1-4H3/t13-,17-,18-,19+,21-,22-/m0/s1. The Labute approximate surface area is 145 Å². The molecule has 4 rings (SSSR count). The SMILES string of the molecule is CC(=O)[C@@H]1CC[C@@H]2[C@@H]3CCC4=CC(=O)CC[C@]4(C)C3=C[C@H](C)[C@]21C. The molecule has 0 radical (unpaired) electrons. The quantitative estimate of drug-likeness (QED) is 0.643. The van der Waals surface area contributed by atoms with Gasteiger partial charge < -0.3 is 0 Å². The highest BCUT2D eigenvalue weighted by atomic mass is 16.1. The molecule has 0 aliphatic heterocycles. The fourth-order valence-corrected chi connectivity index (χ4v) is 6.84. The van der Waals surface area contributed by atoms with Gasteiger partial charge >= 0.3 is 0 Å². The molecule has 0 bridgehead atoms. The van der Waals surface area contributed by atoms with Gasteiger partial charge in [0.2, 0.25) is 0 Å². The van der Waals surface area contributed by atoms with Crippen LogP contribution in [0.15, 0.2) is 23.3 Å². The van der Waals surface area contributed by atoms with E-state index in [9.17, 15) is 9.59 Å². The maximum atomic E-state index is 12.3. The average molecular weight is 326 g/mol. The maximum absolute atomic E-state index is 12.3. The van der Waals surface area contributed by atoms with Crippen molar-refractivity contribution < 1.29 is 9.59 Å². The summed E-state index contributed by atoms with van der Waals surface area (Å²) < 4.78 is 0. The van der Waals surface area contributed by atoms with E-state index in [4.69, 9.17) is 0 Å². The van der Waals surface area contributed by atoms with Crippen LogP contribution in [0.3, 0.4) is 0 Å². The van der Waals surface area contributed by atoms with Crippen LogP contribution in [0.4, 0.5) is 0 Å². The van der Waals surface area contributed by atoms with Crippen LogP contribution in [0.5, 0.6) is 0 Å². The van der Waals surface area contributed by atoms with E-state index in [1.54, 1.807) is 12.5 Å². The van der Waals surface area contributed by atoms with Crippen molar-refractivity contribution in [1.29, 1.82) is 0 Å². The Bertz CT molecular complexity index is 669. The minimum Gasteiger partial charge on any atom is -0.300 e. The zero-order valence-corrected chi connectivity index (χ0v) is 15.5. The summed E-state index contributed by atoms with van der Waals surface area (Å²) in [5, 5.41) is 0. The van der Waals surface area contributed by atoms with E-state index in [0.29, 0.717) is 35.7 Å². The van der Waals surface area contributed by atoms with Crippen LogP contribution in [-0.4, -0.2) is 11.6 Å². The Morgan fingerprint density at radius 2 is 1.92 bits per heavy atom. The topological polar surface area (TPSA) is 34.1 Å². The Morgan fingerprint density at radius 1 is 1.17 bits per heavy atom. The number of allylic oxidation sites excluding steroid dienone is 4. The van der Waals surface area contributed by atoms with Crippen molar-refractivity contribution >= 4 is 11.6 Å². The van der Waals surface area contributed by atoms with E-state index in [-0.39, 0.29) is 16.7 Å². The highest BCUT2D eigenvalue weighted by molar-refractivity contribution is 5.92. The molecule has 0 heterocycles. The molecule has 0 aromatic carbocycles. The second kappa shape index (κ2) is 5.16. The number of Topliss-reactive ketones (excluding diaryl/α,β-unsaturated/α-hetero) is 1. The van der Waals surface area contributed by atoms with Gasteiger partial charge in [-0.3, -0.25) is 9.59 Å². The second-order valence-corrected chi connectivity index (χ2v) is 9.24. The van der Waals surface area contributed by atoms with E-state index in [1.807, 2.05) is 6.08 Å². The van der Waals surface area contributed by atoms with Crippen LogP contribution in [-0.2, 0) is 9.59 Å². The molecular formula is C22H30O2. The van der Waals surface area contributed by atoms with E-state index in [2.05, 4.69) is 26.8 Å². The fraction of sp³-hybridized carbons (Fsp3) is 0.727. The molecule has 0 spiro atoms. The van der Waals surface area contributed by atoms with E-state index in [1.165, 1.54) is 12.0 Å². The summed E-state index contributed by atoms with van der Waals surface area (Å²) in [6.07, 6.45) is 10.6. The van der Waals surface area contributed by atoms with Crippen LogP contribution >= 0.6 is 0 Å². The van der Waals surface area contributed by atoms with Crippen LogP contribution in [0.1, 0.15) is 66.2 Å². The van der Waals surface area contributed by atoms with Crippen LogP contribution < -0.4 is 0 Å². The molecule has 130 valence electrons. The molecule has 24 heavy (non-hydrogen) atoms. The van der Waals surface area contributed by atoms with Gasteiger partial charge in [-0.1, -0.05) is 38.0 Å². The molecule has 2 heteroatoms. The van der Waals surface area contributed by atoms with Crippen molar-refractivity contribution in [2.75, 3.05) is 0 Å². The Hall–Kier alpha value is -1.18. The Kier molecular flexibility index (Phi) is 3.50. The smallest absolute Gasteiger partial charge is 0.155 e. The lowest BCUT2D eigenvalue weighted by Gasteiger charge is -2.55. The molecule has 0 aromatic rings. The lowest BCUT2D eigenvalue weighted by molar-refractivity contribution is -0.126. The van der Waals surface area contributed by atoms with Gasteiger partial charge in [-0.2, -0.15) is 0 Å². The first-order valence-electron chi connectivity index (χ1n) is 9.75. The predicted octanol–water partition coefficient (Wildman–Crippen LogP) is 4.89. The van der Waals surface area contributed by atoms with E-state index < -0.39 is 0 Å². The molecule has 2 fully saturated rings. The van der Waals surface area contributed by atoms with Crippen molar-refractivity contribution in [2.45, 2.75) is 66.2 Å². The predicted molar refractivity (Wildman–Crippen MR) is 95.4 cm³/mol. The van der Waals surface area contributed by atoms with Crippen LogP contribution in [0.25, 0.3) is 0 Å². The molecule has 2 saturated carbocycles. The minimum absolute atomic E-state index is 0.0979.